The molecule has 8 heavy (non-hydrogen) atoms. The minimum atomic E-state index is -1.57. The lowest BCUT2D eigenvalue weighted by molar-refractivity contribution is 0.931. The molecule has 0 aliphatic heterocycles. The quantitative estimate of drug-likeness (QED) is 0.192. The van der Waals surface area contributed by atoms with Gasteiger partial charge < -0.3 is 0 Å². The van der Waals surface area contributed by atoms with Crippen molar-refractivity contribution in [1.82, 2.24) is 14.5 Å². The number of hydrogen-bond acceptors (Lipinski definition) is 6. The maximum absolute atomic E-state index is 5.03. The van der Waals surface area contributed by atoms with Crippen molar-refractivity contribution in [2.75, 3.05) is 6.26 Å². The lowest BCUT2D eigenvalue weighted by atomic mass is 12.0. The Hall–Kier alpha value is 0.110. The lowest BCUT2D eigenvalue weighted by Crippen LogP contribution is -2.49. The van der Waals surface area contributed by atoms with Gasteiger partial charge in [0.1, 0.15) is 0 Å². The molecular formula is CH12N6S. The Labute approximate surface area is 49.8 Å². The van der Waals surface area contributed by atoms with Crippen molar-refractivity contribution in [3.8, 4) is 0 Å². The maximum atomic E-state index is 5.03. The van der Waals surface area contributed by atoms with Gasteiger partial charge in [0, 0.05) is 6.26 Å². The predicted octanol–water partition coefficient (Wildman–Crippen LogP) is -2.44. The van der Waals surface area contributed by atoms with E-state index < -0.39 is 10.6 Å². The third kappa shape index (κ3) is 1.92. The van der Waals surface area contributed by atoms with E-state index in [4.69, 9.17) is 17.5 Å². The summed E-state index contributed by atoms with van der Waals surface area (Å²) in [7, 11) is -1.57. The summed E-state index contributed by atoms with van der Waals surface area (Å²) in [5, 5.41) is 0. The summed E-state index contributed by atoms with van der Waals surface area (Å²) < 4.78 is 0. The molecule has 0 unspecified atom stereocenters. The number of nitrogens with one attached hydrogen (secondary N) is 3. The summed E-state index contributed by atoms with van der Waals surface area (Å²) in [4.78, 5) is 7.17. The molecule has 0 fully saturated rings. The lowest BCUT2D eigenvalue weighted by Gasteiger charge is -2.31. The van der Waals surface area contributed by atoms with Gasteiger partial charge in [-0.3, -0.25) is 17.5 Å². The van der Waals surface area contributed by atoms with Gasteiger partial charge in [0.25, 0.3) is 0 Å². The zero-order valence-corrected chi connectivity index (χ0v) is 5.46. The molecule has 0 amide bonds. The second-order valence-electron chi connectivity index (χ2n) is 1.27. The van der Waals surface area contributed by atoms with Crippen LogP contribution in [0.4, 0.5) is 0 Å². The number of nitrogens with two attached hydrogens (primary N) is 3. The monoisotopic (exact) mass is 140 g/mol. The Kier molecular flexibility index (Phi) is 3.24. The highest BCUT2D eigenvalue weighted by molar-refractivity contribution is 8.28. The van der Waals surface area contributed by atoms with Crippen LogP contribution >= 0.6 is 10.6 Å². The third-order valence-corrected chi connectivity index (χ3v) is 2.12. The first-order valence-corrected chi connectivity index (χ1v) is 3.93. The van der Waals surface area contributed by atoms with Crippen LogP contribution in [0.5, 0.6) is 0 Å². The van der Waals surface area contributed by atoms with Crippen molar-refractivity contribution in [1.29, 1.82) is 0 Å². The molecule has 0 aliphatic carbocycles. The predicted molar refractivity (Wildman–Crippen MR) is 35.5 cm³/mol. The van der Waals surface area contributed by atoms with Crippen molar-refractivity contribution in [3.05, 3.63) is 0 Å². The molecule has 0 aromatic heterocycles. The van der Waals surface area contributed by atoms with Gasteiger partial charge in [-0.05, 0) is 10.6 Å². The SMILES string of the molecule is CS(NN)(NN)NN. The molecule has 0 spiro atoms. The van der Waals surface area contributed by atoms with E-state index in [-0.39, 0.29) is 0 Å². The standard InChI is InChI=1S/CH12N6S/c1-8(5-2,6-3)7-4/h5-7H,2-4H2,1H3. The summed E-state index contributed by atoms with van der Waals surface area (Å²) in [5.41, 5.74) is 0. The van der Waals surface area contributed by atoms with Gasteiger partial charge in [-0.2, -0.15) is 14.5 Å². The van der Waals surface area contributed by atoms with Crippen molar-refractivity contribution in [3.63, 3.8) is 0 Å². The highest BCUT2D eigenvalue weighted by atomic mass is 32.3. The van der Waals surface area contributed by atoms with Gasteiger partial charge in [0.05, 0.1) is 0 Å². The average molecular weight is 140 g/mol. The highest BCUT2D eigenvalue weighted by Gasteiger charge is 2.08. The van der Waals surface area contributed by atoms with Crippen LogP contribution in [-0.2, 0) is 0 Å². The van der Waals surface area contributed by atoms with Crippen molar-refractivity contribution in [2.45, 2.75) is 0 Å². The fourth-order valence-electron chi connectivity index (χ4n) is 0.102. The number of hydrazine groups is 3. The minimum absolute atomic E-state index is 1.57. The van der Waals surface area contributed by atoms with E-state index in [0.29, 0.717) is 0 Å². The zero-order valence-electron chi connectivity index (χ0n) is 4.64. The summed E-state index contributed by atoms with van der Waals surface area (Å²) in [6, 6.07) is 0. The molecule has 0 aromatic rings. The molecule has 0 aromatic carbocycles. The number of rotatable bonds is 3. The van der Waals surface area contributed by atoms with Crippen molar-refractivity contribution >= 4 is 10.6 Å². The van der Waals surface area contributed by atoms with Crippen LogP contribution in [0.15, 0.2) is 0 Å². The molecular weight excluding hydrogens is 128 g/mol. The molecule has 0 atom stereocenters. The van der Waals surface area contributed by atoms with Gasteiger partial charge in [-0.1, -0.05) is 0 Å². The normalized spacial score (nSPS) is 14.0. The molecule has 0 saturated heterocycles. The largest absolute Gasteiger partial charge is 0.261 e. The van der Waals surface area contributed by atoms with Gasteiger partial charge in [-0.25, -0.2) is 0 Å². The highest BCUT2D eigenvalue weighted by Crippen LogP contribution is 2.21. The van der Waals surface area contributed by atoms with Crippen LogP contribution < -0.4 is 32.0 Å². The van der Waals surface area contributed by atoms with Crippen molar-refractivity contribution in [2.24, 2.45) is 17.5 Å². The molecule has 0 rings (SSSR count). The maximum Gasteiger partial charge on any atom is 0.00618 e. The molecule has 6 nitrogen and oxygen atoms in total. The van der Waals surface area contributed by atoms with Crippen LogP contribution in [0.3, 0.4) is 0 Å². The molecule has 7 heteroatoms. The van der Waals surface area contributed by atoms with Gasteiger partial charge in [0.15, 0.2) is 0 Å². The van der Waals surface area contributed by atoms with Crippen LogP contribution in [0.25, 0.3) is 0 Å². The van der Waals surface area contributed by atoms with Gasteiger partial charge in [-0.15, -0.1) is 0 Å². The van der Waals surface area contributed by atoms with Crippen LogP contribution in [0.2, 0.25) is 0 Å². The van der Waals surface area contributed by atoms with Gasteiger partial charge >= 0.3 is 0 Å². The molecule has 0 aliphatic rings. The molecule has 0 radical (unpaired) electrons. The molecule has 0 bridgehead atoms. The first-order valence-electron chi connectivity index (χ1n) is 1.89. The summed E-state index contributed by atoms with van der Waals surface area (Å²) in [6.45, 7) is 0. The second kappa shape index (κ2) is 3.20. The van der Waals surface area contributed by atoms with E-state index in [2.05, 4.69) is 14.5 Å². The van der Waals surface area contributed by atoms with E-state index in [9.17, 15) is 0 Å². The van der Waals surface area contributed by atoms with E-state index >= 15 is 0 Å². The molecule has 9 N–H and O–H groups in total. The third-order valence-electron chi connectivity index (χ3n) is 0.707. The number of hydrogen-bond donors (Lipinski definition) is 6. The first kappa shape index (κ1) is 8.11. The Morgan fingerprint density at radius 1 is 1.00 bits per heavy atom. The summed E-state index contributed by atoms with van der Waals surface area (Å²) in [6.07, 6.45) is 1.73. The smallest absolute Gasteiger partial charge is 0.00618 e. The second-order valence-corrected chi connectivity index (χ2v) is 3.82. The molecule has 52 valence electrons. The minimum Gasteiger partial charge on any atom is -0.261 e. The Morgan fingerprint density at radius 3 is 1.25 bits per heavy atom. The summed E-state index contributed by atoms with van der Waals surface area (Å²) in [5.74, 6) is 15.1. The van der Waals surface area contributed by atoms with E-state index in [1.165, 1.54) is 0 Å². The zero-order chi connectivity index (χ0) is 6.62. The molecule has 0 heterocycles. The van der Waals surface area contributed by atoms with E-state index in [1.54, 1.807) is 6.26 Å². The fourth-order valence-corrected chi connectivity index (χ4v) is 0.306. The van der Waals surface area contributed by atoms with Crippen molar-refractivity contribution < 1.29 is 0 Å². The average Bonchev–Trinajstić information content (AvgIpc) is 1.87. The van der Waals surface area contributed by atoms with Crippen LogP contribution in [0, 0.1) is 0 Å². The van der Waals surface area contributed by atoms with Crippen LogP contribution in [0.1, 0.15) is 0 Å². The summed E-state index contributed by atoms with van der Waals surface area (Å²) >= 11 is 0. The Bertz CT molecular complexity index is 51.3. The van der Waals surface area contributed by atoms with Crippen LogP contribution in [-0.4, -0.2) is 6.26 Å². The first-order chi connectivity index (χ1) is 3.68. The topological polar surface area (TPSA) is 114 Å². The Morgan fingerprint density at radius 2 is 1.25 bits per heavy atom. The van der Waals surface area contributed by atoms with E-state index in [1.807, 2.05) is 0 Å². The van der Waals surface area contributed by atoms with Gasteiger partial charge in [0.2, 0.25) is 0 Å². The Balaban J connectivity index is 3.58. The fraction of sp³-hybridized carbons (Fsp3) is 1.00. The van der Waals surface area contributed by atoms with E-state index in [0.717, 1.165) is 0 Å². The molecule has 0 saturated carbocycles.